The fourth-order valence-corrected chi connectivity index (χ4v) is 3.48. The average Bonchev–Trinajstić information content (AvgIpc) is 3.02. The molecular formula is C16H20F2N2O2S. The summed E-state index contributed by atoms with van der Waals surface area (Å²) in [6.07, 6.45) is 0.486. The van der Waals surface area contributed by atoms with Crippen molar-refractivity contribution < 1.29 is 18.4 Å². The highest BCUT2D eigenvalue weighted by Gasteiger charge is 2.44. The quantitative estimate of drug-likeness (QED) is 0.772. The number of likely N-dealkylation sites (tertiary alicyclic amines) is 1. The third-order valence-corrected chi connectivity index (χ3v) is 4.72. The molecule has 2 amide bonds. The number of rotatable bonds is 5. The van der Waals surface area contributed by atoms with Crippen LogP contribution < -0.4 is 0 Å². The van der Waals surface area contributed by atoms with E-state index in [1.54, 1.807) is 4.90 Å². The number of alkyl halides is 2. The summed E-state index contributed by atoms with van der Waals surface area (Å²) in [4.78, 5) is 27.9. The fourth-order valence-electron chi connectivity index (χ4n) is 2.76. The molecule has 126 valence electrons. The topological polar surface area (TPSA) is 40.6 Å². The Bertz CT molecular complexity index is 575. The molecule has 1 fully saturated rings. The number of carbonyl (C=O) groups excluding carboxylic acids is 2. The van der Waals surface area contributed by atoms with Gasteiger partial charge in [0, 0.05) is 24.4 Å². The summed E-state index contributed by atoms with van der Waals surface area (Å²) in [5.41, 5.74) is 0. The van der Waals surface area contributed by atoms with Gasteiger partial charge >= 0.3 is 0 Å². The van der Waals surface area contributed by atoms with E-state index in [-0.39, 0.29) is 12.5 Å². The summed E-state index contributed by atoms with van der Waals surface area (Å²) >= 11 is 1.52. The Morgan fingerprint density at radius 2 is 2.30 bits per heavy atom. The first-order chi connectivity index (χ1) is 10.9. The number of carbonyl (C=O) groups is 2. The Kier molecular flexibility index (Phi) is 5.51. The normalized spacial score (nSPS) is 20.1. The van der Waals surface area contributed by atoms with Gasteiger partial charge in [-0.25, -0.2) is 8.78 Å². The van der Waals surface area contributed by atoms with Gasteiger partial charge in [-0.3, -0.25) is 9.59 Å². The molecule has 0 saturated carbocycles. The lowest BCUT2D eigenvalue weighted by molar-refractivity contribution is -0.153. The van der Waals surface area contributed by atoms with Crippen LogP contribution >= 0.6 is 11.3 Å². The molecule has 7 heteroatoms. The maximum atomic E-state index is 13.9. The Balaban J connectivity index is 2.12. The molecule has 0 radical (unpaired) electrons. The van der Waals surface area contributed by atoms with Gasteiger partial charge in [-0.1, -0.05) is 12.6 Å². The van der Waals surface area contributed by atoms with Gasteiger partial charge in [-0.05, 0) is 24.4 Å². The zero-order valence-electron chi connectivity index (χ0n) is 13.0. The molecule has 1 saturated heterocycles. The first-order valence-electron chi connectivity index (χ1n) is 7.46. The second-order valence-corrected chi connectivity index (χ2v) is 6.64. The average molecular weight is 342 g/mol. The predicted octanol–water partition coefficient (Wildman–Crippen LogP) is 2.77. The fraction of sp³-hybridized carbons (Fsp3) is 0.500. The summed E-state index contributed by atoms with van der Waals surface area (Å²) in [6.45, 7) is 5.35. The van der Waals surface area contributed by atoms with E-state index in [0.29, 0.717) is 13.1 Å². The second-order valence-electron chi connectivity index (χ2n) is 5.61. The Labute approximate surface area is 138 Å². The molecule has 23 heavy (non-hydrogen) atoms. The van der Waals surface area contributed by atoms with Crippen LogP contribution in [0.2, 0.25) is 0 Å². The molecule has 0 N–H and O–H groups in total. The van der Waals surface area contributed by atoms with Crippen LogP contribution in [0.25, 0.3) is 0 Å². The Morgan fingerprint density at radius 3 is 2.87 bits per heavy atom. The number of halogens is 2. The molecule has 1 atom stereocenters. The molecule has 1 aliphatic rings. The highest BCUT2D eigenvalue weighted by atomic mass is 32.1. The number of hydrogen-bond donors (Lipinski definition) is 0. The molecule has 1 unspecified atom stereocenters. The molecule has 0 aliphatic carbocycles. The lowest BCUT2D eigenvalue weighted by Gasteiger charge is -2.38. The largest absolute Gasteiger partial charge is 0.338 e. The summed E-state index contributed by atoms with van der Waals surface area (Å²) in [5, 5.41) is 1.91. The molecule has 0 spiro atoms. The molecular weight excluding hydrogens is 322 g/mol. The lowest BCUT2D eigenvalue weighted by Crippen LogP contribution is -2.53. The van der Waals surface area contributed by atoms with Crippen LogP contribution in [0.1, 0.15) is 18.2 Å². The SMILES string of the molecule is C=CC(=O)N1CC(C(=O)N(CC)Cc2cccs2)CC(F)(F)C1. The van der Waals surface area contributed by atoms with Crippen LogP contribution in [0.4, 0.5) is 8.78 Å². The molecule has 2 heterocycles. The highest BCUT2D eigenvalue weighted by Crippen LogP contribution is 2.32. The molecule has 1 aliphatic heterocycles. The summed E-state index contributed by atoms with van der Waals surface area (Å²) in [7, 11) is 0. The van der Waals surface area contributed by atoms with E-state index in [1.807, 2.05) is 24.4 Å². The summed E-state index contributed by atoms with van der Waals surface area (Å²) < 4.78 is 27.8. The maximum absolute atomic E-state index is 13.9. The Hall–Kier alpha value is -1.76. The van der Waals surface area contributed by atoms with Gasteiger partial charge in [0.1, 0.15) is 0 Å². The molecule has 0 aromatic carbocycles. The van der Waals surface area contributed by atoms with E-state index >= 15 is 0 Å². The standard InChI is InChI=1S/C16H20F2N2O2S/c1-3-14(21)20-9-12(8-16(17,18)11-20)15(22)19(4-2)10-13-6-5-7-23-13/h3,5-7,12H,1,4,8-11H2,2H3. The van der Waals surface area contributed by atoms with Crippen molar-refractivity contribution in [1.29, 1.82) is 0 Å². The van der Waals surface area contributed by atoms with Crippen molar-refractivity contribution in [2.45, 2.75) is 25.8 Å². The molecule has 4 nitrogen and oxygen atoms in total. The zero-order valence-corrected chi connectivity index (χ0v) is 13.8. The summed E-state index contributed by atoms with van der Waals surface area (Å²) in [5.74, 6) is -4.84. The van der Waals surface area contributed by atoms with E-state index in [2.05, 4.69) is 6.58 Å². The maximum Gasteiger partial charge on any atom is 0.266 e. The summed E-state index contributed by atoms with van der Waals surface area (Å²) in [6, 6.07) is 3.79. The van der Waals surface area contributed by atoms with Gasteiger partial charge < -0.3 is 9.80 Å². The van der Waals surface area contributed by atoms with Crippen LogP contribution in [-0.2, 0) is 16.1 Å². The molecule has 0 bridgehead atoms. The lowest BCUT2D eigenvalue weighted by atomic mass is 9.93. The van der Waals surface area contributed by atoms with Gasteiger partial charge in [0.05, 0.1) is 19.0 Å². The molecule has 1 aromatic rings. The van der Waals surface area contributed by atoms with Crippen molar-refractivity contribution in [2.75, 3.05) is 19.6 Å². The van der Waals surface area contributed by atoms with Crippen molar-refractivity contribution in [1.82, 2.24) is 9.80 Å². The smallest absolute Gasteiger partial charge is 0.266 e. The van der Waals surface area contributed by atoms with E-state index in [0.717, 1.165) is 15.9 Å². The number of nitrogens with zero attached hydrogens (tertiary/aromatic N) is 2. The Morgan fingerprint density at radius 1 is 1.57 bits per heavy atom. The zero-order chi connectivity index (χ0) is 17.0. The van der Waals surface area contributed by atoms with Crippen LogP contribution in [-0.4, -0.2) is 47.2 Å². The van der Waals surface area contributed by atoms with E-state index in [4.69, 9.17) is 0 Å². The minimum absolute atomic E-state index is 0.0141. The van der Waals surface area contributed by atoms with E-state index in [9.17, 15) is 18.4 Å². The minimum Gasteiger partial charge on any atom is -0.338 e. The number of thiophene rings is 1. The monoisotopic (exact) mass is 342 g/mol. The van der Waals surface area contributed by atoms with Gasteiger partial charge in [-0.2, -0.15) is 0 Å². The highest BCUT2D eigenvalue weighted by molar-refractivity contribution is 7.09. The van der Waals surface area contributed by atoms with Gasteiger partial charge in [-0.15, -0.1) is 11.3 Å². The minimum atomic E-state index is -3.06. The van der Waals surface area contributed by atoms with Crippen molar-refractivity contribution >= 4 is 23.2 Å². The van der Waals surface area contributed by atoms with Crippen molar-refractivity contribution in [2.24, 2.45) is 5.92 Å². The number of amides is 2. The van der Waals surface area contributed by atoms with Crippen LogP contribution in [0.5, 0.6) is 0 Å². The van der Waals surface area contributed by atoms with Gasteiger partial charge in [0.2, 0.25) is 11.8 Å². The predicted molar refractivity (Wildman–Crippen MR) is 85.2 cm³/mol. The molecule has 1 aromatic heterocycles. The number of piperidine rings is 1. The van der Waals surface area contributed by atoms with Crippen molar-refractivity contribution in [3.8, 4) is 0 Å². The third kappa shape index (κ3) is 4.37. The van der Waals surface area contributed by atoms with E-state index in [1.165, 1.54) is 11.3 Å². The first kappa shape index (κ1) is 17.6. The second kappa shape index (κ2) is 7.21. The van der Waals surface area contributed by atoms with Crippen molar-refractivity contribution in [3.63, 3.8) is 0 Å². The first-order valence-corrected chi connectivity index (χ1v) is 8.34. The number of hydrogen-bond acceptors (Lipinski definition) is 3. The van der Waals surface area contributed by atoms with Crippen LogP contribution in [0.15, 0.2) is 30.2 Å². The van der Waals surface area contributed by atoms with Gasteiger partial charge in [0.15, 0.2) is 0 Å². The molecule has 2 rings (SSSR count). The van der Waals surface area contributed by atoms with E-state index < -0.39 is 30.7 Å². The van der Waals surface area contributed by atoms with Crippen LogP contribution in [0.3, 0.4) is 0 Å². The van der Waals surface area contributed by atoms with Crippen molar-refractivity contribution in [3.05, 3.63) is 35.0 Å². The third-order valence-electron chi connectivity index (χ3n) is 3.86. The van der Waals surface area contributed by atoms with Gasteiger partial charge in [0.25, 0.3) is 5.92 Å². The van der Waals surface area contributed by atoms with Crippen LogP contribution in [0, 0.1) is 5.92 Å².